The minimum atomic E-state index is -0.672. The van der Waals surface area contributed by atoms with Crippen molar-refractivity contribution in [3.63, 3.8) is 0 Å². The molecule has 2 aromatic carbocycles. The average Bonchev–Trinajstić information content (AvgIpc) is 3.58. The fourth-order valence-electron chi connectivity index (χ4n) is 3.57. The number of hydrogen-bond donors (Lipinski definition) is 3. The summed E-state index contributed by atoms with van der Waals surface area (Å²) in [6.45, 7) is 1.24. The van der Waals surface area contributed by atoms with E-state index in [1.807, 2.05) is 54.0 Å². The molecule has 0 saturated carbocycles. The number of aromatic amines is 1. The van der Waals surface area contributed by atoms with Crippen molar-refractivity contribution in [1.29, 1.82) is 0 Å². The van der Waals surface area contributed by atoms with E-state index in [9.17, 15) is 5.11 Å². The number of rotatable bonds is 12. The highest BCUT2D eigenvalue weighted by atomic mass is 35.5. The summed E-state index contributed by atoms with van der Waals surface area (Å²) < 4.78 is 16.3. The second-order valence-corrected chi connectivity index (χ2v) is 9.23. The van der Waals surface area contributed by atoms with E-state index in [4.69, 9.17) is 25.8 Å². The maximum absolute atomic E-state index is 10.3. The van der Waals surface area contributed by atoms with Crippen molar-refractivity contribution in [1.82, 2.24) is 15.3 Å². The van der Waals surface area contributed by atoms with Crippen LogP contribution in [0.3, 0.4) is 0 Å². The molecule has 2 aromatic heterocycles. The summed E-state index contributed by atoms with van der Waals surface area (Å²) in [7, 11) is 3.24. The summed E-state index contributed by atoms with van der Waals surface area (Å²) in [5, 5.41) is 16.0. The van der Waals surface area contributed by atoms with Gasteiger partial charge in [0.05, 0.1) is 36.0 Å². The van der Waals surface area contributed by atoms with Gasteiger partial charge in [0.25, 0.3) is 0 Å². The number of halogens is 1. The van der Waals surface area contributed by atoms with Gasteiger partial charge in [0.2, 0.25) is 0 Å². The van der Waals surface area contributed by atoms with Crippen LogP contribution in [0.25, 0.3) is 22.0 Å². The molecule has 4 aromatic rings. The SMILES string of the molecule is COc1ccc(CCNC[C@H](O)COc2ccc(-c3ncc(-c4cccs4)[nH]3)cc2Cl)cc1OC. The van der Waals surface area contributed by atoms with Gasteiger partial charge < -0.3 is 29.6 Å². The second kappa shape index (κ2) is 12.1. The topological polar surface area (TPSA) is 88.6 Å². The number of nitrogens with zero attached hydrogens (tertiary/aromatic N) is 1. The van der Waals surface area contributed by atoms with Gasteiger partial charge in [-0.2, -0.15) is 0 Å². The highest BCUT2D eigenvalue weighted by Crippen LogP contribution is 2.31. The molecule has 0 aliphatic carbocycles. The monoisotopic (exact) mass is 513 g/mol. The Morgan fingerprint density at radius 3 is 2.66 bits per heavy atom. The molecular weight excluding hydrogens is 486 g/mol. The van der Waals surface area contributed by atoms with E-state index < -0.39 is 6.10 Å². The summed E-state index contributed by atoms with van der Waals surface area (Å²) in [5.74, 6) is 2.66. The standard InChI is InChI=1S/C26H28ClN3O4S/c1-32-23-7-5-17(12-24(23)33-2)9-10-28-14-19(31)16-34-22-8-6-18(13-20(22)27)26-29-15-21(30-26)25-4-3-11-35-25/h3-8,11-13,15,19,28,31H,9-10,14,16H2,1-2H3,(H,29,30)/t19-/m0/s1. The zero-order valence-corrected chi connectivity index (χ0v) is 21.2. The molecule has 7 nitrogen and oxygen atoms in total. The van der Waals surface area contributed by atoms with Crippen molar-refractivity contribution in [2.45, 2.75) is 12.5 Å². The smallest absolute Gasteiger partial charge is 0.160 e. The lowest BCUT2D eigenvalue weighted by atomic mass is 10.1. The van der Waals surface area contributed by atoms with Crippen LogP contribution < -0.4 is 19.5 Å². The number of aromatic nitrogens is 2. The molecule has 35 heavy (non-hydrogen) atoms. The molecule has 0 aliphatic heterocycles. The zero-order valence-electron chi connectivity index (χ0n) is 19.6. The van der Waals surface area contributed by atoms with Crippen molar-refractivity contribution in [2.75, 3.05) is 33.9 Å². The summed E-state index contributed by atoms with van der Waals surface area (Å²) in [6, 6.07) is 15.4. The normalized spacial score (nSPS) is 11.9. The molecule has 0 saturated heterocycles. The molecule has 3 N–H and O–H groups in total. The first-order chi connectivity index (χ1) is 17.1. The molecular formula is C26H28ClN3O4S. The zero-order chi connectivity index (χ0) is 24.6. The van der Waals surface area contributed by atoms with Crippen molar-refractivity contribution >= 4 is 22.9 Å². The lowest BCUT2D eigenvalue weighted by Gasteiger charge is -2.15. The van der Waals surface area contributed by atoms with E-state index in [1.165, 1.54) is 0 Å². The lowest BCUT2D eigenvalue weighted by molar-refractivity contribution is 0.107. The second-order valence-electron chi connectivity index (χ2n) is 7.88. The third-order valence-electron chi connectivity index (χ3n) is 5.42. The first kappa shape index (κ1) is 25.1. The quantitative estimate of drug-likeness (QED) is 0.230. The van der Waals surface area contributed by atoms with Gasteiger partial charge in [-0.3, -0.25) is 0 Å². The van der Waals surface area contributed by atoms with Crippen LogP contribution in [-0.4, -0.2) is 55.1 Å². The van der Waals surface area contributed by atoms with Crippen LogP contribution in [0.5, 0.6) is 17.2 Å². The van der Waals surface area contributed by atoms with E-state index in [0.29, 0.717) is 35.4 Å². The summed E-state index contributed by atoms with van der Waals surface area (Å²) in [6.07, 6.45) is 1.94. The van der Waals surface area contributed by atoms with Crippen LogP contribution in [0.1, 0.15) is 5.56 Å². The molecule has 0 aliphatic rings. The predicted molar refractivity (Wildman–Crippen MR) is 140 cm³/mol. The minimum Gasteiger partial charge on any atom is -0.493 e. The largest absolute Gasteiger partial charge is 0.493 e. The summed E-state index contributed by atoms with van der Waals surface area (Å²) >= 11 is 8.08. The molecule has 9 heteroatoms. The Labute approximate surface area is 213 Å². The van der Waals surface area contributed by atoms with Gasteiger partial charge in [0.15, 0.2) is 11.5 Å². The average molecular weight is 514 g/mol. The Bertz CT molecular complexity index is 1230. The minimum absolute atomic E-state index is 0.131. The number of imidazole rings is 1. The van der Waals surface area contributed by atoms with Crippen LogP contribution in [0.4, 0.5) is 0 Å². The molecule has 0 unspecified atom stereocenters. The fourth-order valence-corrected chi connectivity index (χ4v) is 4.50. The number of benzene rings is 2. The lowest BCUT2D eigenvalue weighted by Crippen LogP contribution is -2.32. The van der Waals surface area contributed by atoms with E-state index >= 15 is 0 Å². The number of hydrogen-bond acceptors (Lipinski definition) is 7. The maximum Gasteiger partial charge on any atom is 0.160 e. The number of H-pyrrole nitrogens is 1. The molecule has 0 fully saturated rings. The first-order valence-electron chi connectivity index (χ1n) is 11.2. The van der Waals surface area contributed by atoms with E-state index in [-0.39, 0.29) is 6.61 Å². The number of aliphatic hydroxyl groups excluding tert-OH is 1. The molecule has 184 valence electrons. The van der Waals surface area contributed by atoms with E-state index in [1.54, 1.807) is 31.6 Å². The van der Waals surface area contributed by atoms with Crippen molar-refractivity contribution in [3.05, 3.63) is 70.7 Å². The third-order valence-corrected chi connectivity index (χ3v) is 6.62. The molecule has 0 bridgehead atoms. The Morgan fingerprint density at radius 1 is 1.09 bits per heavy atom. The number of ether oxygens (including phenoxy) is 3. The first-order valence-corrected chi connectivity index (χ1v) is 12.4. The molecule has 2 heterocycles. The van der Waals surface area contributed by atoms with Crippen LogP contribution in [-0.2, 0) is 6.42 Å². The molecule has 0 radical (unpaired) electrons. The van der Waals surface area contributed by atoms with Crippen molar-refractivity contribution in [2.24, 2.45) is 0 Å². The van der Waals surface area contributed by atoms with Gasteiger partial charge in [-0.25, -0.2) is 4.98 Å². The number of nitrogens with one attached hydrogen (secondary N) is 2. The summed E-state index contributed by atoms with van der Waals surface area (Å²) in [4.78, 5) is 8.91. The van der Waals surface area contributed by atoms with Gasteiger partial charge in [-0.05, 0) is 60.3 Å². The van der Waals surface area contributed by atoms with Gasteiger partial charge in [-0.1, -0.05) is 23.7 Å². The van der Waals surface area contributed by atoms with Crippen LogP contribution in [0.2, 0.25) is 5.02 Å². The van der Waals surface area contributed by atoms with Crippen LogP contribution in [0, 0.1) is 0 Å². The Morgan fingerprint density at radius 2 is 1.91 bits per heavy atom. The Hall–Kier alpha value is -3.04. The Kier molecular flexibility index (Phi) is 8.65. The van der Waals surface area contributed by atoms with Crippen molar-refractivity contribution in [3.8, 4) is 39.2 Å². The number of methoxy groups -OCH3 is 2. The van der Waals surface area contributed by atoms with Gasteiger partial charge in [0, 0.05) is 12.1 Å². The van der Waals surface area contributed by atoms with Crippen LogP contribution >= 0.6 is 22.9 Å². The van der Waals surface area contributed by atoms with E-state index in [0.717, 1.165) is 33.9 Å². The number of aliphatic hydroxyl groups is 1. The van der Waals surface area contributed by atoms with Gasteiger partial charge >= 0.3 is 0 Å². The highest BCUT2D eigenvalue weighted by Gasteiger charge is 2.11. The van der Waals surface area contributed by atoms with Crippen molar-refractivity contribution < 1.29 is 19.3 Å². The number of thiophene rings is 1. The molecule has 0 amide bonds. The third kappa shape index (κ3) is 6.55. The van der Waals surface area contributed by atoms with Gasteiger partial charge in [0.1, 0.15) is 24.3 Å². The Balaban J connectivity index is 1.23. The highest BCUT2D eigenvalue weighted by molar-refractivity contribution is 7.13. The predicted octanol–water partition coefficient (Wildman–Crippen LogP) is 5.05. The summed E-state index contributed by atoms with van der Waals surface area (Å²) in [5.41, 5.74) is 2.95. The molecule has 1 atom stereocenters. The van der Waals surface area contributed by atoms with Crippen LogP contribution in [0.15, 0.2) is 60.1 Å². The maximum atomic E-state index is 10.3. The van der Waals surface area contributed by atoms with Gasteiger partial charge in [-0.15, -0.1) is 11.3 Å². The molecule has 0 spiro atoms. The van der Waals surface area contributed by atoms with E-state index in [2.05, 4.69) is 15.3 Å². The fraction of sp³-hybridized carbons (Fsp3) is 0.269. The molecule has 4 rings (SSSR count).